The largest absolute Gasteiger partial charge is 0.489 e. The molecule has 0 aliphatic heterocycles. The third kappa shape index (κ3) is 12.1. The zero-order valence-electron chi connectivity index (χ0n) is 29.4. The van der Waals surface area contributed by atoms with E-state index in [4.69, 9.17) is 9.47 Å². The van der Waals surface area contributed by atoms with Gasteiger partial charge in [-0.15, -0.1) is 0 Å². The second-order valence-corrected chi connectivity index (χ2v) is 12.4. The number of nitrogens with one attached hydrogen (secondary N) is 4. The molecule has 0 bridgehead atoms. The van der Waals surface area contributed by atoms with E-state index < -0.39 is 18.0 Å². The lowest BCUT2D eigenvalue weighted by atomic mass is 9.94. The first-order valence-electron chi connectivity index (χ1n) is 17.5. The van der Waals surface area contributed by atoms with Crippen LogP contribution in [0, 0.1) is 0 Å². The third-order valence-electron chi connectivity index (χ3n) is 8.45. The van der Waals surface area contributed by atoms with Crippen molar-refractivity contribution in [2.45, 2.75) is 57.9 Å². The lowest BCUT2D eigenvalue weighted by Crippen LogP contribution is -2.56. The first-order valence-corrected chi connectivity index (χ1v) is 17.5. The van der Waals surface area contributed by atoms with E-state index in [1.807, 2.05) is 103 Å². The summed E-state index contributed by atoms with van der Waals surface area (Å²) in [5.74, 6) is -0.0197. The molecule has 0 fully saturated rings. The molecule has 0 saturated carbocycles. The summed E-state index contributed by atoms with van der Waals surface area (Å²) in [6, 6.07) is 35.7. The molecule has 5 aromatic rings. The van der Waals surface area contributed by atoms with Crippen molar-refractivity contribution >= 4 is 17.9 Å². The molecule has 4 N–H and O–H groups in total. The summed E-state index contributed by atoms with van der Waals surface area (Å²) in [7, 11) is 0. The molecule has 0 aliphatic rings. The van der Waals surface area contributed by atoms with Crippen molar-refractivity contribution in [2.75, 3.05) is 13.1 Å². The number of carbonyl (C=O) groups excluding carboxylic acids is 3. The lowest BCUT2D eigenvalue weighted by Gasteiger charge is -2.28. The Bertz CT molecular complexity index is 1790. The van der Waals surface area contributed by atoms with Crippen molar-refractivity contribution in [1.29, 1.82) is 0 Å². The molecule has 3 amide bonds. The molecule has 2 unspecified atom stereocenters. The van der Waals surface area contributed by atoms with Gasteiger partial charge in [0.05, 0.1) is 6.33 Å². The molecule has 0 saturated heterocycles. The number of H-pyrrole nitrogens is 1. The molecule has 11 heteroatoms. The van der Waals surface area contributed by atoms with Gasteiger partial charge in [0.15, 0.2) is 0 Å². The van der Waals surface area contributed by atoms with Crippen LogP contribution in [0.25, 0.3) is 0 Å². The van der Waals surface area contributed by atoms with Crippen molar-refractivity contribution in [2.24, 2.45) is 0 Å². The number of carbonyl (C=O) groups is 3. The summed E-state index contributed by atoms with van der Waals surface area (Å²) >= 11 is 0. The highest BCUT2D eigenvalue weighted by Gasteiger charge is 2.29. The normalized spacial score (nSPS) is 11.9. The molecule has 0 radical (unpaired) electrons. The number of alkyl carbamates (subject to hydrolysis) is 1. The second-order valence-electron chi connectivity index (χ2n) is 12.4. The minimum absolute atomic E-state index is 0.0351. The quantitative estimate of drug-likeness (QED) is 0.0768. The van der Waals surface area contributed by atoms with Crippen LogP contribution in [0.1, 0.15) is 53.6 Å². The lowest BCUT2D eigenvalue weighted by molar-refractivity contribution is -0.141. The molecule has 52 heavy (non-hydrogen) atoms. The van der Waals surface area contributed by atoms with Crippen molar-refractivity contribution < 1.29 is 23.9 Å². The van der Waals surface area contributed by atoms with Crippen molar-refractivity contribution in [3.63, 3.8) is 0 Å². The summed E-state index contributed by atoms with van der Waals surface area (Å²) in [5.41, 5.74) is 7.64. The Morgan fingerprint density at radius 3 is 2.10 bits per heavy atom. The maximum Gasteiger partial charge on any atom is 0.408 e. The predicted molar refractivity (Wildman–Crippen MR) is 199 cm³/mol. The highest BCUT2D eigenvalue weighted by atomic mass is 16.5. The summed E-state index contributed by atoms with van der Waals surface area (Å²) in [6.45, 7) is 2.96. The van der Waals surface area contributed by atoms with Crippen LogP contribution in [0.5, 0.6) is 5.75 Å². The number of rotatable bonds is 19. The number of benzene rings is 4. The van der Waals surface area contributed by atoms with Crippen LogP contribution in [0.15, 0.2) is 128 Å². The van der Waals surface area contributed by atoms with Crippen LogP contribution in [-0.2, 0) is 40.5 Å². The van der Waals surface area contributed by atoms with Gasteiger partial charge in [0.2, 0.25) is 5.91 Å². The van der Waals surface area contributed by atoms with Crippen LogP contribution < -0.4 is 20.8 Å². The van der Waals surface area contributed by atoms with E-state index in [1.165, 1.54) is 11.3 Å². The van der Waals surface area contributed by atoms with E-state index in [2.05, 4.69) is 45.1 Å². The Labute approximate surface area is 304 Å². The first-order chi connectivity index (χ1) is 25.5. The van der Waals surface area contributed by atoms with Crippen LogP contribution in [0.3, 0.4) is 0 Å². The van der Waals surface area contributed by atoms with Crippen LogP contribution in [0.2, 0.25) is 0 Å². The topological polar surface area (TPSA) is 138 Å². The number of aromatic nitrogens is 2. The Hall–Kier alpha value is -5.94. The number of amides is 3. The van der Waals surface area contributed by atoms with E-state index in [0.29, 0.717) is 24.6 Å². The smallest absolute Gasteiger partial charge is 0.408 e. The Balaban J connectivity index is 1.28. The van der Waals surface area contributed by atoms with Gasteiger partial charge in [-0.1, -0.05) is 116 Å². The molecule has 0 aliphatic carbocycles. The van der Waals surface area contributed by atoms with Gasteiger partial charge < -0.3 is 25.1 Å². The fraction of sp³-hybridized carbons (Fsp3) is 0.268. The van der Waals surface area contributed by atoms with E-state index >= 15 is 0 Å². The maximum atomic E-state index is 14.2. The van der Waals surface area contributed by atoms with E-state index in [1.54, 1.807) is 6.20 Å². The summed E-state index contributed by atoms with van der Waals surface area (Å²) in [4.78, 5) is 47.8. The van der Waals surface area contributed by atoms with E-state index in [9.17, 15) is 14.4 Å². The summed E-state index contributed by atoms with van der Waals surface area (Å²) < 4.78 is 11.4. The number of imidazole rings is 1. The van der Waals surface area contributed by atoms with Crippen molar-refractivity contribution in [3.05, 3.63) is 156 Å². The SMILES string of the molecule is CCCC(CNC(=O)CN(NCc1ccc(OCc2ccccc2)cc1)C(=O)C(Cc1cnc[nH]1)NC(=O)OCc1ccccc1)c1ccccc1. The number of nitrogens with zero attached hydrogens (tertiary/aromatic N) is 2. The molecule has 1 heterocycles. The average Bonchev–Trinajstić information content (AvgIpc) is 3.71. The third-order valence-corrected chi connectivity index (χ3v) is 8.45. The standard InChI is InChI=1S/C41H46N6O5/c1-2-12-35(34-17-10-5-11-18-34)25-43-39(48)27-47(45-24-31-19-21-37(22-20-31)51-28-32-13-6-3-7-14-32)40(49)38(23-36-26-42-30-44-36)46-41(50)52-29-33-15-8-4-9-16-33/h3-11,13-22,26,30,35,38,45H,2,12,23-25,27-29H2,1H3,(H,42,44)(H,43,48)(H,46,50). The molecule has 11 nitrogen and oxygen atoms in total. The maximum absolute atomic E-state index is 14.2. The molecular weight excluding hydrogens is 656 g/mol. The average molecular weight is 703 g/mol. The molecular formula is C41H46N6O5. The predicted octanol–water partition coefficient (Wildman–Crippen LogP) is 6.06. The molecule has 4 aromatic carbocycles. The van der Waals surface area contributed by atoms with Gasteiger partial charge in [-0.25, -0.2) is 15.2 Å². The summed E-state index contributed by atoms with van der Waals surface area (Å²) in [5, 5.41) is 7.00. The van der Waals surface area contributed by atoms with Crippen LogP contribution in [-0.4, -0.2) is 52.0 Å². The zero-order chi connectivity index (χ0) is 36.4. The minimum Gasteiger partial charge on any atom is -0.489 e. The van der Waals surface area contributed by atoms with Gasteiger partial charge in [0.25, 0.3) is 5.91 Å². The van der Waals surface area contributed by atoms with Gasteiger partial charge in [0.1, 0.15) is 31.5 Å². The molecule has 270 valence electrons. The van der Waals surface area contributed by atoms with Gasteiger partial charge >= 0.3 is 6.09 Å². The number of aromatic amines is 1. The highest BCUT2D eigenvalue weighted by Crippen LogP contribution is 2.20. The van der Waals surface area contributed by atoms with Crippen LogP contribution in [0.4, 0.5) is 4.79 Å². The fourth-order valence-corrected chi connectivity index (χ4v) is 5.65. The summed E-state index contributed by atoms with van der Waals surface area (Å²) in [6.07, 6.45) is 4.28. The number of hydrazine groups is 1. The molecule has 1 aromatic heterocycles. The van der Waals surface area contributed by atoms with Gasteiger partial charge in [-0.2, -0.15) is 0 Å². The van der Waals surface area contributed by atoms with E-state index in [-0.39, 0.29) is 37.9 Å². The number of hydrogen-bond donors (Lipinski definition) is 4. The zero-order valence-corrected chi connectivity index (χ0v) is 29.4. The Morgan fingerprint density at radius 2 is 1.46 bits per heavy atom. The second kappa shape index (κ2) is 20.0. The Morgan fingerprint density at radius 1 is 0.808 bits per heavy atom. The number of hydrogen-bond acceptors (Lipinski definition) is 7. The molecule has 0 spiro atoms. The van der Waals surface area contributed by atoms with Gasteiger partial charge in [-0.05, 0) is 40.8 Å². The van der Waals surface area contributed by atoms with E-state index in [0.717, 1.165) is 35.1 Å². The molecule has 5 rings (SSSR count). The number of ether oxygens (including phenoxy) is 2. The fourth-order valence-electron chi connectivity index (χ4n) is 5.65. The van der Waals surface area contributed by atoms with Gasteiger partial charge in [-0.3, -0.25) is 14.6 Å². The molecule has 2 atom stereocenters. The first kappa shape index (κ1) is 37.3. The Kier molecular flexibility index (Phi) is 14.4. The minimum atomic E-state index is -1.07. The highest BCUT2D eigenvalue weighted by molar-refractivity contribution is 5.89. The van der Waals surface area contributed by atoms with Crippen LogP contribution >= 0.6 is 0 Å². The monoisotopic (exact) mass is 702 g/mol. The van der Waals surface area contributed by atoms with Crippen molar-refractivity contribution in [1.82, 2.24) is 31.0 Å². The van der Waals surface area contributed by atoms with Crippen molar-refractivity contribution in [3.8, 4) is 5.75 Å². The van der Waals surface area contributed by atoms with Gasteiger partial charge in [0, 0.05) is 37.3 Å².